The van der Waals surface area contributed by atoms with Gasteiger partial charge in [-0.25, -0.2) is 19.9 Å². The van der Waals surface area contributed by atoms with Crippen LogP contribution in [-0.2, 0) is 26.7 Å². The van der Waals surface area contributed by atoms with Crippen molar-refractivity contribution in [2.24, 2.45) is 11.8 Å². The summed E-state index contributed by atoms with van der Waals surface area (Å²) in [5.74, 6) is 0.735. The summed E-state index contributed by atoms with van der Waals surface area (Å²) in [6.45, 7) is 6.56. The van der Waals surface area contributed by atoms with Gasteiger partial charge in [-0.3, -0.25) is 13.6 Å². The van der Waals surface area contributed by atoms with E-state index in [0.29, 0.717) is 35.4 Å². The summed E-state index contributed by atoms with van der Waals surface area (Å²) in [7, 11) is -3.44. The SMILES string of the molecule is CC1CC1(Cn1cnc2cnc(N)nc21)OP(C)(=O)OC1(Cn2cnc3cnc(N)nc32)CC1C. The zero-order chi connectivity index (χ0) is 24.6. The first kappa shape index (κ1) is 22.3. The van der Waals surface area contributed by atoms with Crippen molar-refractivity contribution in [3.8, 4) is 0 Å². The van der Waals surface area contributed by atoms with Crippen LogP contribution in [0.2, 0.25) is 0 Å². The molecule has 184 valence electrons. The molecule has 14 heteroatoms. The lowest BCUT2D eigenvalue weighted by Crippen LogP contribution is -2.27. The molecule has 35 heavy (non-hydrogen) atoms. The number of rotatable bonds is 8. The van der Waals surface area contributed by atoms with Gasteiger partial charge in [-0.05, 0) is 24.7 Å². The Labute approximate surface area is 200 Å². The van der Waals surface area contributed by atoms with Crippen molar-refractivity contribution in [1.82, 2.24) is 39.0 Å². The van der Waals surface area contributed by atoms with Gasteiger partial charge < -0.3 is 20.6 Å². The van der Waals surface area contributed by atoms with E-state index in [0.717, 1.165) is 12.8 Å². The van der Waals surface area contributed by atoms with Gasteiger partial charge in [0.2, 0.25) is 11.9 Å². The quantitative estimate of drug-likeness (QED) is 0.341. The number of imidazole rings is 2. The fourth-order valence-corrected chi connectivity index (χ4v) is 6.88. The predicted octanol–water partition coefficient (Wildman–Crippen LogP) is 2.24. The largest absolute Gasteiger partial charge is 0.368 e. The van der Waals surface area contributed by atoms with Crippen molar-refractivity contribution in [3.63, 3.8) is 0 Å². The van der Waals surface area contributed by atoms with Crippen LogP contribution >= 0.6 is 7.60 Å². The van der Waals surface area contributed by atoms with Crippen LogP contribution in [0.15, 0.2) is 25.0 Å². The van der Waals surface area contributed by atoms with Gasteiger partial charge >= 0.3 is 7.60 Å². The van der Waals surface area contributed by atoms with Gasteiger partial charge in [-0.1, -0.05) is 13.8 Å². The molecule has 4 unspecified atom stereocenters. The lowest BCUT2D eigenvalue weighted by Gasteiger charge is -2.28. The molecule has 0 aromatic carbocycles. The molecule has 0 aliphatic heterocycles. The monoisotopic (exact) mass is 498 g/mol. The number of fused-ring (bicyclic) bond motifs is 2. The Morgan fingerprint density at radius 3 is 1.66 bits per heavy atom. The number of anilines is 2. The van der Waals surface area contributed by atoms with E-state index < -0.39 is 18.8 Å². The molecule has 0 spiro atoms. The van der Waals surface area contributed by atoms with Gasteiger partial charge in [-0.2, -0.15) is 9.97 Å². The normalized spacial score (nSPS) is 29.5. The number of aromatic nitrogens is 8. The number of hydrogen-bond donors (Lipinski definition) is 2. The predicted molar refractivity (Wildman–Crippen MR) is 128 cm³/mol. The molecule has 13 nitrogen and oxygen atoms in total. The molecule has 0 saturated heterocycles. The maximum absolute atomic E-state index is 13.7. The van der Waals surface area contributed by atoms with Crippen molar-refractivity contribution < 1.29 is 13.6 Å². The first-order valence-electron chi connectivity index (χ1n) is 11.4. The zero-order valence-corrected chi connectivity index (χ0v) is 20.6. The molecule has 4 heterocycles. The van der Waals surface area contributed by atoms with Crippen molar-refractivity contribution in [1.29, 1.82) is 0 Å². The number of nitrogens with two attached hydrogens (primary N) is 2. The number of nitrogens with zero attached hydrogens (tertiary/aromatic N) is 8. The summed E-state index contributed by atoms with van der Waals surface area (Å²) in [5, 5.41) is 0. The molecule has 0 bridgehead atoms. The van der Waals surface area contributed by atoms with Gasteiger partial charge in [0.25, 0.3) is 0 Å². The molecule has 4 N–H and O–H groups in total. The van der Waals surface area contributed by atoms with Crippen LogP contribution in [0.5, 0.6) is 0 Å². The highest BCUT2D eigenvalue weighted by Crippen LogP contribution is 2.65. The summed E-state index contributed by atoms with van der Waals surface area (Å²) in [5.41, 5.74) is 12.8. The Hall–Kier alpha value is -3.15. The van der Waals surface area contributed by atoms with E-state index in [-0.39, 0.29) is 23.7 Å². The van der Waals surface area contributed by atoms with Gasteiger partial charge in [0.1, 0.15) is 11.0 Å². The van der Waals surface area contributed by atoms with Crippen LogP contribution in [-0.4, -0.2) is 56.9 Å². The molecule has 0 radical (unpaired) electrons. The highest BCUT2D eigenvalue weighted by Gasteiger charge is 2.60. The fraction of sp³-hybridized carbons (Fsp3) is 0.524. The first-order chi connectivity index (χ1) is 16.6. The topological polar surface area (TPSA) is 175 Å². The van der Waals surface area contributed by atoms with Crippen LogP contribution in [0.3, 0.4) is 0 Å². The highest BCUT2D eigenvalue weighted by atomic mass is 31.2. The van der Waals surface area contributed by atoms with Gasteiger partial charge in [0, 0.05) is 6.66 Å². The summed E-state index contributed by atoms with van der Waals surface area (Å²) >= 11 is 0. The third kappa shape index (κ3) is 3.93. The fourth-order valence-electron chi connectivity index (χ4n) is 4.90. The van der Waals surface area contributed by atoms with E-state index >= 15 is 0 Å². The molecule has 2 saturated carbocycles. The van der Waals surface area contributed by atoms with E-state index in [4.69, 9.17) is 20.5 Å². The minimum absolute atomic E-state index is 0.172. The third-order valence-corrected chi connectivity index (χ3v) is 8.49. The Morgan fingerprint density at radius 1 is 0.886 bits per heavy atom. The van der Waals surface area contributed by atoms with E-state index in [1.54, 1.807) is 31.7 Å². The van der Waals surface area contributed by atoms with Crippen LogP contribution < -0.4 is 11.5 Å². The minimum atomic E-state index is -3.44. The first-order valence-corrected chi connectivity index (χ1v) is 13.4. The molecule has 2 aliphatic rings. The molecule has 4 aromatic rings. The zero-order valence-electron chi connectivity index (χ0n) is 19.7. The van der Waals surface area contributed by atoms with Crippen LogP contribution in [0, 0.1) is 11.8 Å². The Bertz CT molecular complexity index is 1400. The molecule has 4 aromatic heterocycles. The van der Waals surface area contributed by atoms with Gasteiger partial charge in [-0.15, -0.1) is 0 Å². The smallest absolute Gasteiger partial charge is 0.328 e. The molecular formula is C21H27N10O3P. The molecular weight excluding hydrogens is 471 g/mol. The maximum atomic E-state index is 13.7. The van der Waals surface area contributed by atoms with Crippen molar-refractivity contribution in [2.75, 3.05) is 18.1 Å². The van der Waals surface area contributed by atoms with Gasteiger partial charge in [0.05, 0.1) is 49.3 Å². The lowest BCUT2D eigenvalue weighted by molar-refractivity contribution is 0.0650. The van der Waals surface area contributed by atoms with Crippen LogP contribution in [0.25, 0.3) is 22.3 Å². The van der Waals surface area contributed by atoms with E-state index in [2.05, 4.69) is 43.8 Å². The second-order valence-electron chi connectivity index (χ2n) is 9.91. The average molecular weight is 498 g/mol. The maximum Gasteiger partial charge on any atom is 0.328 e. The van der Waals surface area contributed by atoms with Crippen molar-refractivity contribution >= 4 is 41.8 Å². The Balaban J connectivity index is 1.22. The molecule has 6 rings (SSSR count). The summed E-state index contributed by atoms with van der Waals surface area (Å²) in [4.78, 5) is 25.3. The van der Waals surface area contributed by atoms with Crippen LogP contribution in [0.4, 0.5) is 11.9 Å². The standard InChI is InChI=1S/C21H27N10O3P/c1-12-4-20(12,8-30-10-26-14-6-24-18(22)28-16(14)30)33-35(3,32)34-21(5-13(21)2)9-31-11-27-15-7-25-19(23)29-17(15)31/h6-7,10-13H,4-5,8-9H2,1-3H3,(H2,22,24,28)(H2,23,25,29). The highest BCUT2D eigenvalue weighted by molar-refractivity contribution is 7.53. The average Bonchev–Trinajstić information content (AvgIpc) is 3.41. The Morgan fingerprint density at radius 2 is 1.29 bits per heavy atom. The summed E-state index contributed by atoms with van der Waals surface area (Å²) < 4.78 is 30.0. The molecule has 4 atom stereocenters. The summed E-state index contributed by atoms with van der Waals surface area (Å²) in [6.07, 6.45) is 8.03. The van der Waals surface area contributed by atoms with Crippen LogP contribution in [0.1, 0.15) is 26.7 Å². The minimum Gasteiger partial charge on any atom is -0.368 e. The molecule has 0 amide bonds. The number of hydrogen-bond acceptors (Lipinski definition) is 11. The molecule has 2 aliphatic carbocycles. The van der Waals surface area contributed by atoms with E-state index in [9.17, 15) is 4.57 Å². The van der Waals surface area contributed by atoms with E-state index in [1.807, 2.05) is 9.13 Å². The molecule has 2 fully saturated rings. The second-order valence-corrected chi connectivity index (χ2v) is 11.8. The van der Waals surface area contributed by atoms with Gasteiger partial charge in [0.15, 0.2) is 11.3 Å². The Kier molecular flexibility index (Phi) is 4.73. The van der Waals surface area contributed by atoms with Crippen molar-refractivity contribution in [2.45, 2.75) is 51.0 Å². The lowest BCUT2D eigenvalue weighted by atomic mass is 10.3. The summed E-state index contributed by atoms with van der Waals surface area (Å²) in [6, 6.07) is 0. The number of nitrogen functional groups attached to an aromatic ring is 2. The van der Waals surface area contributed by atoms with E-state index in [1.165, 1.54) is 0 Å². The third-order valence-electron chi connectivity index (χ3n) is 7.10. The second kappa shape index (κ2) is 7.42. The van der Waals surface area contributed by atoms with Crippen molar-refractivity contribution in [3.05, 3.63) is 25.0 Å².